The molecule has 1 aliphatic rings. The third-order valence-electron chi connectivity index (χ3n) is 4.95. The van der Waals surface area contributed by atoms with Crippen LogP contribution in [0.4, 0.5) is 34.5 Å². The van der Waals surface area contributed by atoms with Crippen LogP contribution in [0.2, 0.25) is 0 Å². The molecule has 0 atom stereocenters. The molecule has 1 saturated heterocycles. The van der Waals surface area contributed by atoms with Gasteiger partial charge in [-0.2, -0.15) is 15.8 Å². The van der Waals surface area contributed by atoms with E-state index < -0.39 is 14.5 Å². The van der Waals surface area contributed by atoms with Crippen molar-refractivity contribution < 1.29 is 51.0 Å². The standard InChI is InChI=1S/C24H27N3.3C2H3N.2BF4.Ni/c1-4-10-22(11-5-1)16-25-19-26(17-23-12-6-2-7-13-23)21-27(20-25)18-24-14-8-3-9-15-24;3*1-2-3;2*2-1(3,4)5;/h1-15H,16-21H2;3*1H3;;;/q;;;;2*-1;+2. The number of hydrogen-bond acceptors (Lipinski definition) is 6. The van der Waals surface area contributed by atoms with Crippen molar-refractivity contribution >= 4 is 14.5 Å². The summed E-state index contributed by atoms with van der Waals surface area (Å²) >= 11 is 0. The van der Waals surface area contributed by atoms with Gasteiger partial charge in [0.05, 0.1) is 38.2 Å². The zero-order valence-corrected chi connectivity index (χ0v) is 27.1. The van der Waals surface area contributed by atoms with Gasteiger partial charge in [-0.15, -0.1) is 0 Å². The van der Waals surface area contributed by atoms with E-state index >= 15 is 0 Å². The van der Waals surface area contributed by atoms with Crippen LogP contribution < -0.4 is 0 Å². The van der Waals surface area contributed by atoms with Gasteiger partial charge in [-0.3, -0.25) is 14.7 Å². The van der Waals surface area contributed by atoms with E-state index in [0.29, 0.717) is 0 Å². The summed E-state index contributed by atoms with van der Waals surface area (Å²) in [6.45, 7) is 10.2. The van der Waals surface area contributed by atoms with Gasteiger partial charge in [-0.25, -0.2) is 0 Å². The zero-order chi connectivity index (χ0) is 35.4. The van der Waals surface area contributed by atoms with Crippen LogP contribution in [-0.2, 0) is 36.1 Å². The molecule has 4 rings (SSSR count). The molecule has 0 spiro atoms. The van der Waals surface area contributed by atoms with Crippen LogP contribution in [-0.4, -0.2) is 49.2 Å². The third-order valence-corrected chi connectivity index (χ3v) is 4.95. The van der Waals surface area contributed by atoms with E-state index in [1.807, 2.05) is 0 Å². The fourth-order valence-corrected chi connectivity index (χ4v) is 3.81. The van der Waals surface area contributed by atoms with Crippen LogP contribution in [0.25, 0.3) is 0 Å². The predicted molar refractivity (Wildman–Crippen MR) is 165 cm³/mol. The molecular formula is C30H36B2F8N6Ni. The number of hydrogen-bond donors (Lipinski definition) is 0. The number of nitriles is 3. The second kappa shape index (κ2) is 28.3. The molecule has 1 heterocycles. The van der Waals surface area contributed by atoms with Gasteiger partial charge < -0.3 is 34.5 Å². The van der Waals surface area contributed by atoms with Crippen molar-refractivity contribution in [3.05, 3.63) is 108 Å². The van der Waals surface area contributed by atoms with Gasteiger partial charge in [-0.05, 0) is 16.7 Å². The summed E-state index contributed by atoms with van der Waals surface area (Å²) in [6, 6.07) is 37.6. The van der Waals surface area contributed by atoms with E-state index in [4.69, 9.17) is 15.8 Å². The van der Waals surface area contributed by atoms with Crippen LogP contribution in [0.3, 0.4) is 0 Å². The van der Waals surface area contributed by atoms with Gasteiger partial charge in [0, 0.05) is 40.4 Å². The molecule has 0 unspecified atom stereocenters. The fraction of sp³-hybridized carbons (Fsp3) is 0.300. The molecule has 0 aliphatic carbocycles. The van der Waals surface area contributed by atoms with E-state index in [0.717, 1.165) is 39.6 Å². The van der Waals surface area contributed by atoms with Crippen molar-refractivity contribution in [1.82, 2.24) is 14.7 Å². The Balaban J connectivity index is -0.000000804. The number of benzene rings is 3. The molecule has 3 aromatic rings. The Morgan fingerprint density at radius 1 is 0.468 bits per heavy atom. The molecule has 0 amide bonds. The smallest absolute Gasteiger partial charge is 0.418 e. The minimum absolute atomic E-state index is 0. The van der Waals surface area contributed by atoms with Gasteiger partial charge in [-0.1, -0.05) is 91.0 Å². The second-order valence-electron chi connectivity index (χ2n) is 9.03. The summed E-state index contributed by atoms with van der Waals surface area (Å²) in [5.74, 6) is 0. The van der Waals surface area contributed by atoms with Crippen LogP contribution in [0.15, 0.2) is 91.0 Å². The predicted octanol–water partition coefficient (Wildman–Crippen LogP) is 8.57. The van der Waals surface area contributed by atoms with E-state index in [1.54, 1.807) is 18.2 Å². The molecule has 0 saturated carbocycles. The maximum atomic E-state index is 9.75. The topological polar surface area (TPSA) is 81.1 Å². The van der Waals surface area contributed by atoms with Crippen molar-refractivity contribution in [1.29, 1.82) is 15.8 Å². The van der Waals surface area contributed by atoms with E-state index in [9.17, 15) is 34.5 Å². The average molecular weight is 713 g/mol. The normalized spacial score (nSPS) is 12.5. The first-order valence-corrected chi connectivity index (χ1v) is 13.6. The first-order chi connectivity index (χ1) is 21.6. The van der Waals surface area contributed by atoms with Crippen LogP contribution in [0.1, 0.15) is 37.5 Å². The average Bonchev–Trinajstić information content (AvgIpc) is 2.94. The Morgan fingerprint density at radius 2 is 0.617 bits per heavy atom. The number of nitrogens with zero attached hydrogens (tertiary/aromatic N) is 6. The maximum Gasteiger partial charge on any atom is 2.00 e. The summed E-state index contributed by atoms with van der Waals surface area (Å²) in [5.41, 5.74) is 4.12. The van der Waals surface area contributed by atoms with Crippen molar-refractivity contribution in [3.8, 4) is 18.2 Å². The number of halogens is 8. The molecule has 1 aliphatic heterocycles. The van der Waals surface area contributed by atoms with Crippen molar-refractivity contribution in [2.24, 2.45) is 0 Å². The first kappa shape index (κ1) is 47.5. The van der Waals surface area contributed by atoms with Gasteiger partial charge in [0.2, 0.25) is 0 Å². The second-order valence-corrected chi connectivity index (χ2v) is 9.03. The quantitative estimate of drug-likeness (QED) is 0.188. The van der Waals surface area contributed by atoms with E-state index in [2.05, 4.69) is 106 Å². The Bertz CT molecular complexity index is 1120. The molecular weight excluding hydrogens is 677 g/mol. The summed E-state index contributed by atoms with van der Waals surface area (Å²) in [7, 11) is -12.0. The zero-order valence-electron chi connectivity index (χ0n) is 26.1. The van der Waals surface area contributed by atoms with Gasteiger partial charge in [0.15, 0.2) is 0 Å². The largest absolute Gasteiger partial charge is 2.00 e. The van der Waals surface area contributed by atoms with Crippen molar-refractivity contribution in [3.63, 3.8) is 0 Å². The SMILES string of the molecule is CC#N.CC#N.CC#N.F[B-](F)(F)F.F[B-](F)(F)F.[Ni+2].c1ccc(CN2CN(Cc3ccccc3)CN(Cc3ccccc3)C2)cc1. The third kappa shape index (κ3) is 34.8. The Hall–Kier alpha value is -3.93. The molecule has 17 heteroatoms. The molecule has 47 heavy (non-hydrogen) atoms. The Kier molecular flexibility index (Phi) is 28.6. The molecule has 0 radical (unpaired) electrons. The molecule has 6 nitrogen and oxygen atoms in total. The minimum Gasteiger partial charge on any atom is -0.418 e. The van der Waals surface area contributed by atoms with Crippen LogP contribution >= 0.6 is 0 Å². The molecule has 0 aromatic heterocycles. The summed E-state index contributed by atoms with van der Waals surface area (Å²) < 4.78 is 78.0. The number of rotatable bonds is 6. The van der Waals surface area contributed by atoms with Gasteiger partial charge in [0.25, 0.3) is 0 Å². The van der Waals surface area contributed by atoms with Crippen LogP contribution in [0.5, 0.6) is 0 Å². The Labute approximate surface area is 281 Å². The van der Waals surface area contributed by atoms with Gasteiger partial charge >= 0.3 is 31.0 Å². The monoisotopic (exact) mass is 712 g/mol. The molecule has 0 N–H and O–H groups in total. The van der Waals surface area contributed by atoms with Crippen molar-refractivity contribution in [2.45, 2.75) is 40.4 Å². The molecule has 1 fully saturated rings. The maximum absolute atomic E-state index is 9.75. The van der Waals surface area contributed by atoms with E-state index in [1.165, 1.54) is 37.5 Å². The first-order valence-electron chi connectivity index (χ1n) is 13.6. The fourth-order valence-electron chi connectivity index (χ4n) is 3.81. The van der Waals surface area contributed by atoms with Gasteiger partial charge in [0.1, 0.15) is 0 Å². The molecule has 0 bridgehead atoms. The summed E-state index contributed by atoms with van der Waals surface area (Å²) in [4.78, 5) is 7.60. The minimum atomic E-state index is -6.00. The van der Waals surface area contributed by atoms with E-state index in [-0.39, 0.29) is 16.5 Å². The summed E-state index contributed by atoms with van der Waals surface area (Å²) in [6.07, 6.45) is 0. The molecule has 3 aromatic carbocycles. The molecule has 258 valence electrons. The van der Waals surface area contributed by atoms with Crippen molar-refractivity contribution in [2.75, 3.05) is 20.0 Å². The summed E-state index contributed by atoms with van der Waals surface area (Å²) in [5, 5.41) is 22.0. The van der Waals surface area contributed by atoms with Crippen LogP contribution in [0, 0.1) is 34.0 Å². The Morgan fingerprint density at radius 3 is 0.766 bits per heavy atom.